The molecule has 0 saturated heterocycles. The number of nitro benzene ring substituents is 1. The van der Waals surface area contributed by atoms with E-state index in [-0.39, 0.29) is 28.5 Å². The SMILES string of the molecule is Cc1cc(N)ccc1Oc1ccc(OCc2c(C(C)(C)C)on(-c3ccc(S(=O)(=O)N(C)C)cc3[N+](=O)[O-])c2=O)cc1. The molecule has 4 rings (SSSR count). The maximum atomic E-state index is 13.5. The summed E-state index contributed by atoms with van der Waals surface area (Å²) < 4.78 is 44.6. The Balaban J connectivity index is 1.65. The third-order valence-corrected chi connectivity index (χ3v) is 8.17. The molecule has 2 N–H and O–H groups in total. The molecule has 4 aromatic rings. The molecule has 0 radical (unpaired) electrons. The fourth-order valence-electron chi connectivity index (χ4n) is 4.15. The lowest BCUT2D eigenvalue weighted by Crippen LogP contribution is -2.23. The van der Waals surface area contributed by atoms with E-state index in [1.165, 1.54) is 26.2 Å². The second kappa shape index (κ2) is 11.3. The highest BCUT2D eigenvalue weighted by Crippen LogP contribution is 2.32. The van der Waals surface area contributed by atoms with Crippen LogP contribution in [-0.4, -0.2) is 36.5 Å². The maximum Gasteiger partial charge on any atom is 0.297 e. The van der Waals surface area contributed by atoms with Gasteiger partial charge in [-0.3, -0.25) is 14.9 Å². The van der Waals surface area contributed by atoms with Gasteiger partial charge in [0.2, 0.25) is 10.0 Å². The van der Waals surface area contributed by atoms with Crippen molar-refractivity contribution < 1.29 is 27.3 Å². The summed E-state index contributed by atoms with van der Waals surface area (Å²) in [6.45, 7) is 7.19. The number of anilines is 1. The number of nitrogen functional groups attached to an aromatic ring is 1. The molecule has 0 bridgehead atoms. The van der Waals surface area contributed by atoms with Gasteiger partial charge in [0, 0.05) is 31.3 Å². The van der Waals surface area contributed by atoms with E-state index < -0.39 is 31.6 Å². The summed E-state index contributed by atoms with van der Waals surface area (Å²) in [4.78, 5) is 24.4. The van der Waals surface area contributed by atoms with Gasteiger partial charge in [-0.25, -0.2) is 12.7 Å². The molecule has 12 nitrogen and oxygen atoms in total. The highest BCUT2D eigenvalue weighted by Gasteiger charge is 2.31. The molecule has 1 heterocycles. The van der Waals surface area contributed by atoms with E-state index in [1.807, 2.05) is 33.8 Å². The number of hydrogen-bond acceptors (Lipinski definition) is 9. The fraction of sp³-hybridized carbons (Fsp3) is 0.276. The predicted molar refractivity (Wildman–Crippen MR) is 157 cm³/mol. The van der Waals surface area contributed by atoms with Crippen LogP contribution >= 0.6 is 0 Å². The van der Waals surface area contributed by atoms with Crippen LogP contribution in [0.25, 0.3) is 5.69 Å². The number of benzene rings is 3. The molecule has 0 aliphatic rings. The van der Waals surface area contributed by atoms with Crippen LogP contribution < -0.4 is 20.8 Å². The normalized spacial score (nSPS) is 12.0. The molecule has 13 heteroatoms. The Morgan fingerprint density at radius 1 is 1.02 bits per heavy atom. The van der Waals surface area contributed by atoms with E-state index in [2.05, 4.69) is 0 Å². The van der Waals surface area contributed by atoms with Gasteiger partial charge in [0.15, 0.2) is 11.4 Å². The number of aryl methyl sites for hydroxylation is 1. The summed E-state index contributed by atoms with van der Waals surface area (Å²) in [5.74, 6) is 1.95. The summed E-state index contributed by atoms with van der Waals surface area (Å²) in [6, 6.07) is 15.4. The van der Waals surface area contributed by atoms with Crippen LogP contribution in [0.4, 0.5) is 11.4 Å². The average molecular weight is 597 g/mol. The Labute approximate surface area is 243 Å². The number of sulfonamides is 1. The summed E-state index contributed by atoms with van der Waals surface area (Å²) in [5, 5.41) is 11.9. The van der Waals surface area contributed by atoms with Crippen LogP contribution in [0.3, 0.4) is 0 Å². The Kier molecular flexibility index (Phi) is 8.19. The molecule has 0 atom stereocenters. The second-order valence-corrected chi connectivity index (χ2v) is 13.0. The van der Waals surface area contributed by atoms with E-state index in [4.69, 9.17) is 19.7 Å². The predicted octanol–water partition coefficient (Wildman–Crippen LogP) is 5.15. The van der Waals surface area contributed by atoms with Crippen molar-refractivity contribution in [3.05, 3.63) is 98.0 Å². The first-order chi connectivity index (χ1) is 19.6. The van der Waals surface area contributed by atoms with Crippen molar-refractivity contribution in [2.75, 3.05) is 19.8 Å². The Bertz CT molecular complexity index is 1800. The van der Waals surface area contributed by atoms with Crippen LogP contribution in [0.5, 0.6) is 17.2 Å². The number of rotatable bonds is 9. The molecule has 0 aliphatic heterocycles. The van der Waals surface area contributed by atoms with Gasteiger partial charge < -0.3 is 19.7 Å². The number of aromatic nitrogens is 1. The molecule has 0 saturated carbocycles. The van der Waals surface area contributed by atoms with Crippen molar-refractivity contribution in [2.24, 2.45) is 0 Å². The Morgan fingerprint density at radius 2 is 1.67 bits per heavy atom. The third kappa shape index (κ3) is 6.16. The molecule has 0 unspecified atom stereocenters. The molecule has 0 spiro atoms. The van der Waals surface area contributed by atoms with Crippen LogP contribution in [0.2, 0.25) is 0 Å². The minimum Gasteiger partial charge on any atom is -0.489 e. The minimum absolute atomic E-state index is 0.166. The first-order valence-electron chi connectivity index (χ1n) is 12.8. The van der Waals surface area contributed by atoms with E-state index in [9.17, 15) is 23.3 Å². The standard InChI is InChI=1S/C29H32N4O8S/c1-18-15-19(30)7-14-26(18)40-21-10-8-20(9-11-21)39-17-23-27(29(2,3)4)41-32(28(23)34)24-13-12-22(16-25(24)33(35)36)42(37,38)31(5)6/h7-16H,17,30H2,1-6H3. The van der Waals surface area contributed by atoms with Gasteiger partial charge in [0.05, 0.1) is 15.4 Å². The fourth-order valence-corrected chi connectivity index (χ4v) is 5.07. The molecule has 0 aliphatic carbocycles. The summed E-state index contributed by atoms with van der Waals surface area (Å²) in [7, 11) is -1.33. The van der Waals surface area contributed by atoms with E-state index in [1.54, 1.807) is 36.4 Å². The van der Waals surface area contributed by atoms with Gasteiger partial charge in [0.25, 0.3) is 11.2 Å². The zero-order valence-electron chi connectivity index (χ0n) is 24.1. The molecule has 1 aromatic heterocycles. The summed E-state index contributed by atoms with van der Waals surface area (Å²) in [6.07, 6.45) is 0. The quantitative estimate of drug-likeness (QED) is 0.157. The van der Waals surface area contributed by atoms with Crippen molar-refractivity contribution in [1.29, 1.82) is 0 Å². The van der Waals surface area contributed by atoms with Crippen LogP contribution in [0, 0.1) is 17.0 Å². The van der Waals surface area contributed by atoms with Crippen LogP contribution in [-0.2, 0) is 22.0 Å². The lowest BCUT2D eigenvalue weighted by Gasteiger charge is -2.16. The average Bonchev–Trinajstić information content (AvgIpc) is 3.25. The summed E-state index contributed by atoms with van der Waals surface area (Å²) in [5.41, 5.74) is 5.35. The highest BCUT2D eigenvalue weighted by molar-refractivity contribution is 7.89. The molecule has 0 amide bonds. The van der Waals surface area contributed by atoms with Crippen molar-refractivity contribution in [3.63, 3.8) is 0 Å². The minimum atomic E-state index is -3.96. The lowest BCUT2D eigenvalue weighted by molar-refractivity contribution is -0.385. The van der Waals surface area contributed by atoms with Gasteiger partial charge >= 0.3 is 0 Å². The van der Waals surface area contributed by atoms with Gasteiger partial charge in [-0.15, -0.1) is 4.74 Å². The third-order valence-electron chi connectivity index (χ3n) is 6.36. The maximum absolute atomic E-state index is 13.5. The first kappa shape index (κ1) is 30.3. The first-order valence-corrected chi connectivity index (χ1v) is 14.3. The molecular formula is C29H32N4O8S. The monoisotopic (exact) mass is 596 g/mol. The largest absolute Gasteiger partial charge is 0.489 e. The smallest absolute Gasteiger partial charge is 0.297 e. The van der Waals surface area contributed by atoms with E-state index in [0.29, 0.717) is 22.9 Å². The Hall–Kier alpha value is -4.62. The van der Waals surface area contributed by atoms with Crippen molar-refractivity contribution in [3.8, 4) is 22.9 Å². The van der Waals surface area contributed by atoms with Gasteiger partial charge in [0.1, 0.15) is 23.9 Å². The number of nitro groups is 1. The molecular weight excluding hydrogens is 564 g/mol. The number of nitrogens with two attached hydrogens (primary N) is 1. The van der Waals surface area contributed by atoms with Gasteiger partial charge in [-0.2, -0.15) is 0 Å². The number of ether oxygens (including phenoxy) is 2. The summed E-state index contributed by atoms with van der Waals surface area (Å²) >= 11 is 0. The zero-order chi connectivity index (χ0) is 31.0. The van der Waals surface area contributed by atoms with E-state index in [0.717, 1.165) is 20.7 Å². The van der Waals surface area contributed by atoms with Crippen LogP contribution in [0.1, 0.15) is 37.7 Å². The second-order valence-electron chi connectivity index (χ2n) is 10.8. The zero-order valence-corrected chi connectivity index (χ0v) is 24.9. The van der Waals surface area contributed by atoms with Crippen molar-refractivity contribution in [2.45, 2.75) is 44.6 Å². The van der Waals surface area contributed by atoms with Crippen molar-refractivity contribution in [1.82, 2.24) is 9.05 Å². The molecule has 222 valence electrons. The topological polar surface area (TPSA) is 160 Å². The van der Waals surface area contributed by atoms with Gasteiger partial charge in [-0.1, -0.05) is 20.8 Å². The van der Waals surface area contributed by atoms with Crippen molar-refractivity contribution >= 4 is 21.4 Å². The van der Waals surface area contributed by atoms with Gasteiger partial charge in [-0.05, 0) is 67.1 Å². The molecule has 3 aromatic carbocycles. The lowest BCUT2D eigenvalue weighted by atomic mass is 9.91. The van der Waals surface area contributed by atoms with E-state index >= 15 is 0 Å². The number of hydrogen-bond donors (Lipinski definition) is 1. The molecule has 0 fully saturated rings. The highest BCUT2D eigenvalue weighted by atomic mass is 32.2. The Morgan fingerprint density at radius 3 is 2.24 bits per heavy atom. The molecule has 42 heavy (non-hydrogen) atoms. The van der Waals surface area contributed by atoms with Crippen LogP contribution in [0.15, 0.2) is 74.9 Å². The number of nitrogens with zero attached hydrogens (tertiary/aromatic N) is 3.